The summed E-state index contributed by atoms with van der Waals surface area (Å²) in [5.41, 5.74) is -1.37. The summed E-state index contributed by atoms with van der Waals surface area (Å²) in [7, 11) is 0. The molecule has 2 aromatic rings. The van der Waals surface area contributed by atoms with Gasteiger partial charge < -0.3 is 19.9 Å². The summed E-state index contributed by atoms with van der Waals surface area (Å²) in [5.74, 6) is -3.57. The number of carbonyl (C=O) groups excluding carboxylic acids is 2. The molecule has 32 heavy (non-hydrogen) atoms. The van der Waals surface area contributed by atoms with Gasteiger partial charge in [0.15, 0.2) is 11.4 Å². The minimum atomic E-state index is -0.962. The molecule has 8 nitrogen and oxygen atoms in total. The first-order valence-electron chi connectivity index (χ1n) is 10.6. The SMILES string of the molecule is O=C(NCc1ccc(F)cc1F)c1cn2c(c(O)c1=O)C(=O)N1CC[C@H]3CCCN3[C@@H]1C2. The van der Waals surface area contributed by atoms with Crippen LogP contribution in [0.15, 0.2) is 29.2 Å². The Morgan fingerprint density at radius 3 is 2.78 bits per heavy atom. The van der Waals surface area contributed by atoms with Crippen molar-refractivity contribution in [1.29, 1.82) is 0 Å². The number of carbonyl (C=O) groups is 2. The lowest BCUT2D eigenvalue weighted by Crippen LogP contribution is -2.62. The molecular weight excluding hydrogens is 422 g/mol. The quantitative estimate of drug-likeness (QED) is 0.747. The number of nitrogens with one attached hydrogen (secondary N) is 1. The summed E-state index contributed by atoms with van der Waals surface area (Å²) in [6.45, 7) is 1.50. The first-order chi connectivity index (χ1) is 15.3. The van der Waals surface area contributed by atoms with Gasteiger partial charge in [-0.25, -0.2) is 8.78 Å². The number of amides is 2. The summed E-state index contributed by atoms with van der Waals surface area (Å²) in [5, 5.41) is 12.9. The molecule has 0 saturated carbocycles. The topological polar surface area (TPSA) is 94.9 Å². The summed E-state index contributed by atoms with van der Waals surface area (Å²) in [4.78, 5) is 42.4. The van der Waals surface area contributed by atoms with Gasteiger partial charge in [-0.15, -0.1) is 0 Å². The van der Waals surface area contributed by atoms with Crippen molar-refractivity contribution in [1.82, 2.24) is 19.7 Å². The maximum atomic E-state index is 13.8. The van der Waals surface area contributed by atoms with Gasteiger partial charge in [0.1, 0.15) is 23.4 Å². The maximum absolute atomic E-state index is 13.8. The summed E-state index contributed by atoms with van der Waals surface area (Å²) in [6.07, 6.45) is 4.08. The normalized spacial score (nSPS) is 22.3. The van der Waals surface area contributed by atoms with E-state index in [0.29, 0.717) is 25.2 Å². The van der Waals surface area contributed by atoms with Crippen LogP contribution in [0.2, 0.25) is 0 Å². The van der Waals surface area contributed by atoms with Gasteiger partial charge in [0.25, 0.3) is 11.8 Å². The van der Waals surface area contributed by atoms with Gasteiger partial charge in [-0.05, 0) is 25.3 Å². The number of pyridine rings is 1. The highest BCUT2D eigenvalue weighted by Gasteiger charge is 2.45. The smallest absolute Gasteiger partial charge is 0.275 e. The van der Waals surface area contributed by atoms with Gasteiger partial charge in [-0.1, -0.05) is 6.07 Å². The number of nitrogens with zero attached hydrogens (tertiary/aromatic N) is 3. The molecule has 2 atom stereocenters. The second kappa shape index (κ2) is 7.70. The van der Waals surface area contributed by atoms with Crippen LogP contribution in [0.1, 0.15) is 45.7 Å². The number of fused-ring (bicyclic) bond motifs is 4. The lowest BCUT2D eigenvalue weighted by Gasteiger charge is -2.48. The zero-order chi connectivity index (χ0) is 22.6. The third-order valence-corrected chi connectivity index (χ3v) is 6.65. The molecule has 168 valence electrons. The van der Waals surface area contributed by atoms with Crippen LogP contribution in [-0.4, -0.2) is 56.6 Å². The Morgan fingerprint density at radius 1 is 1.19 bits per heavy atom. The summed E-state index contributed by atoms with van der Waals surface area (Å²) in [6, 6.07) is 3.38. The molecule has 2 N–H and O–H groups in total. The van der Waals surface area contributed by atoms with Crippen molar-refractivity contribution in [3.63, 3.8) is 0 Å². The van der Waals surface area contributed by atoms with E-state index in [1.165, 1.54) is 16.8 Å². The number of benzene rings is 1. The van der Waals surface area contributed by atoms with Crippen LogP contribution >= 0.6 is 0 Å². The van der Waals surface area contributed by atoms with Gasteiger partial charge in [0.05, 0.1) is 6.54 Å². The zero-order valence-corrected chi connectivity index (χ0v) is 17.2. The van der Waals surface area contributed by atoms with Crippen molar-refractivity contribution in [2.45, 2.75) is 44.6 Å². The van der Waals surface area contributed by atoms with Gasteiger partial charge in [0.2, 0.25) is 5.43 Å². The molecule has 0 aliphatic carbocycles. The Labute approximate surface area is 182 Å². The fourth-order valence-corrected chi connectivity index (χ4v) is 5.04. The first-order valence-corrected chi connectivity index (χ1v) is 10.6. The Hall–Kier alpha value is -3.27. The lowest BCUT2D eigenvalue weighted by atomic mass is 10.0. The Balaban J connectivity index is 1.44. The fraction of sp³-hybridized carbons (Fsp3) is 0.409. The predicted octanol–water partition coefficient (Wildman–Crippen LogP) is 1.41. The molecule has 0 bridgehead atoms. The van der Waals surface area contributed by atoms with Crippen LogP contribution < -0.4 is 10.7 Å². The molecule has 2 saturated heterocycles. The minimum absolute atomic E-state index is 0.0511. The molecule has 1 aromatic heterocycles. The molecular formula is C22H22F2N4O4. The van der Waals surface area contributed by atoms with E-state index in [1.807, 2.05) is 0 Å². The highest BCUT2D eigenvalue weighted by atomic mass is 19.1. The van der Waals surface area contributed by atoms with E-state index >= 15 is 0 Å². The summed E-state index contributed by atoms with van der Waals surface area (Å²) >= 11 is 0. The molecule has 2 fully saturated rings. The van der Waals surface area contributed by atoms with E-state index < -0.39 is 34.6 Å². The van der Waals surface area contributed by atoms with Crippen molar-refractivity contribution in [2.24, 2.45) is 0 Å². The minimum Gasteiger partial charge on any atom is -0.503 e. The molecule has 2 amide bonds. The van der Waals surface area contributed by atoms with E-state index in [9.17, 15) is 28.3 Å². The van der Waals surface area contributed by atoms with E-state index in [0.717, 1.165) is 31.9 Å². The van der Waals surface area contributed by atoms with Crippen molar-refractivity contribution in [2.75, 3.05) is 13.1 Å². The van der Waals surface area contributed by atoms with E-state index in [-0.39, 0.29) is 29.5 Å². The molecule has 0 radical (unpaired) electrons. The number of aromatic hydroxyl groups is 1. The fourth-order valence-electron chi connectivity index (χ4n) is 5.04. The van der Waals surface area contributed by atoms with Gasteiger partial charge in [0, 0.05) is 43.5 Å². The molecule has 0 spiro atoms. The van der Waals surface area contributed by atoms with Crippen LogP contribution in [0.4, 0.5) is 8.78 Å². The van der Waals surface area contributed by atoms with Crippen LogP contribution in [0.25, 0.3) is 0 Å². The lowest BCUT2D eigenvalue weighted by molar-refractivity contribution is -0.0211. The largest absolute Gasteiger partial charge is 0.503 e. The molecule has 4 heterocycles. The standard InChI is InChI=1S/C22H22F2N4O4/c23-13-4-3-12(16(24)8-13)9-25-21(31)15-10-26-11-17-27-6-1-2-14(27)5-7-28(17)22(32)18(26)20(30)19(15)29/h3-4,8,10,14,17,30H,1-2,5-7,9,11H2,(H,25,31)/t14-,17+/m1/s1. The van der Waals surface area contributed by atoms with E-state index in [4.69, 9.17) is 0 Å². The number of rotatable bonds is 3. The maximum Gasteiger partial charge on any atom is 0.275 e. The predicted molar refractivity (Wildman–Crippen MR) is 109 cm³/mol. The zero-order valence-electron chi connectivity index (χ0n) is 17.2. The highest BCUT2D eigenvalue weighted by molar-refractivity contribution is 5.99. The van der Waals surface area contributed by atoms with Crippen LogP contribution in [0.5, 0.6) is 5.75 Å². The Morgan fingerprint density at radius 2 is 2.00 bits per heavy atom. The van der Waals surface area contributed by atoms with Crippen molar-refractivity contribution < 1.29 is 23.5 Å². The van der Waals surface area contributed by atoms with Crippen LogP contribution in [0.3, 0.4) is 0 Å². The van der Waals surface area contributed by atoms with Gasteiger partial charge in [-0.3, -0.25) is 19.3 Å². The molecule has 10 heteroatoms. The summed E-state index contributed by atoms with van der Waals surface area (Å²) < 4.78 is 28.4. The monoisotopic (exact) mass is 444 g/mol. The van der Waals surface area contributed by atoms with Crippen molar-refractivity contribution in [3.8, 4) is 5.75 Å². The second-order valence-corrected chi connectivity index (χ2v) is 8.44. The van der Waals surface area contributed by atoms with E-state index in [1.54, 1.807) is 4.90 Å². The highest BCUT2D eigenvalue weighted by Crippen LogP contribution is 2.34. The number of hydrogen-bond acceptors (Lipinski definition) is 5. The number of halogens is 2. The molecule has 0 unspecified atom stereocenters. The molecule has 3 aliphatic rings. The molecule has 3 aliphatic heterocycles. The van der Waals surface area contributed by atoms with Gasteiger partial charge >= 0.3 is 0 Å². The average Bonchev–Trinajstić information content (AvgIpc) is 3.25. The van der Waals surface area contributed by atoms with Crippen LogP contribution in [-0.2, 0) is 13.1 Å². The number of aromatic nitrogens is 1. The third kappa shape index (κ3) is 3.26. The van der Waals surface area contributed by atoms with Crippen molar-refractivity contribution in [3.05, 3.63) is 63.1 Å². The number of hydrogen-bond donors (Lipinski definition) is 2. The second-order valence-electron chi connectivity index (χ2n) is 8.44. The Bertz CT molecular complexity index is 1180. The van der Waals surface area contributed by atoms with Gasteiger partial charge in [-0.2, -0.15) is 0 Å². The average molecular weight is 444 g/mol. The Kier molecular flexibility index (Phi) is 4.96. The third-order valence-electron chi connectivity index (χ3n) is 6.65. The first kappa shape index (κ1) is 20.6. The molecule has 1 aromatic carbocycles. The van der Waals surface area contributed by atoms with Crippen molar-refractivity contribution >= 4 is 11.8 Å². The van der Waals surface area contributed by atoms with Crippen LogP contribution in [0, 0.1) is 11.6 Å². The molecule has 5 rings (SSSR count). The van der Waals surface area contributed by atoms with E-state index in [2.05, 4.69) is 10.2 Å².